The first-order chi connectivity index (χ1) is 8.17. The molecule has 6 heteroatoms. The van der Waals surface area contributed by atoms with Crippen molar-refractivity contribution in [3.05, 3.63) is 27.3 Å². The number of phenolic OH excluding ortho intramolecular Hbond substituents is 1. The molecule has 0 atom stereocenters. The van der Waals surface area contributed by atoms with Crippen molar-refractivity contribution in [2.45, 2.75) is 19.4 Å². The van der Waals surface area contributed by atoms with Crippen molar-refractivity contribution in [1.29, 1.82) is 0 Å². The van der Waals surface area contributed by atoms with Crippen molar-refractivity contribution in [2.24, 2.45) is 0 Å². The van der Waals surface area contributed by atoms with Gasteiger partial charge in [-0.2, -0.15) is 0 Å². The maximum atomic E-state index is 12.2. The number of rotatable bonds is 3. The van der Waals surface area contributed by atoms with Gasteiger partial charge in [-0.25, -0.2) is 4.79 Å². The SMILES string of the molecule is CN(C(=O)c1cc(I)ccc1O)C(C)(C)C(=O)O. The first kappa shape index (κ1) is 14.7. The second kappa shape index (κ2) is 5.13. The van der Waals surface area contributed by atoms with Crippen molar-refractivity contribution in [1.82, 2.24) is 4.90 Å². The Morgan fingerprint density at radius 3 is 2.39 bits per heavy atom. The Balaban J connectivity index is 3.15. The number of benzene rings is 1. The standard InChI is InChI=1S/C12H14INO4/c1-12(2,11(17)18)14(3)10(16)8-6-7(13)4-5-9(8)15/h4-6,15H,1-3H3,(H,17,18). The van der Waals surface area contributed by atoms with Gasteiger partial charge in [0.15, 0.2) is 0 Å². The number of nitrogens with zero attached hydrogens (tertiary/aromatic N) is 1. The zero-order valence-corrected chi connectivity index (χ0v) is 12.4. The van der Waals surface area contributed by atoms with E-state index in [1.54, 1.807) is 6.07 Å². The van der Waals surface area contributed by atoms with E-state index in [2.05, 4.69) is 0 Å². The van der Waals surface area contributed by atoms with E-state index in [1.165, 1.54) is 33.0 Å². The summed E-state index contributed by atoms with van der Waals surface area (Å²) in [5, 5.41) is 18.7. The van der Waals surface area contributed by atoms with Gasteiger partial charge in [0.05, 0.1) is 5.56 Å². The van der Waals surface area contributed by atoms with Crippen LogP contribution in [-0.4, -0.2) is 39.6 Å². The molecular formula is C12H14INO4. The number of amides is 1. The number of carboxylic acids is 1. The summed E-state index contributed by atoms with van der Waals surface area (Å²) in [7, 11) is 1.40. The van der Waals surface area contributed by atoms with Crippen molar-refractivity contribution in [3.63, 3.8) is 0 Å². The number of hydrogen-bond acceptors (Lipinski definition) is 3. The second-order valence-electron chi connectivity index (χ2n) is 4.39. The van der Waals surface area contributed by atoms with Crippen molar-refractivity contribution >= 4 is 34.5 Å². The van der Waals surface area contributed by atoms with Gasteiger partial charge in [-0.3, -0.25) is 4.79 Å². The van der Waals surface area contributed by atoms with Gasteiger partial charge < -0.3 is 15.1 Å². The van der Waals surface area contributed by atoms with Crippen LogP contribution >= 0.6 is 22.6 Å². The lowest BCUT2D eigenvalue weighted by atomic mass is 10.0. The van der Waals surface area contributed by atoms with Gasteiger partial charge in [0.2, 0.25) is 0 Å². The van der Waals surface area contributed by atoms with E-state index < -0.39 is 17.4 Å². The van der Waals surface area contributed by atoms with E-state index in [1.807, 2.05) is 22.6 Å². The summed E-state index contributed by atoms with van der Waals surface area (Å²) < 4.78 is 0.787. The topological polar surface area (TPSA) is 77.8 Å². The fraction of sp³-hybridized carbons (Fsp3) is 0.333. The van der Waals surface area contributed by atoms with E-state index in [4.69, 9.17) is 5.11 Å². The average Bonchev–Trinajstić information content (AvgIpc) is 2.30. The van der Waals surface area contributed by atoms with Gasteiger partial charge in [0.1, 0.15) is 11.3 Å². The number of carbonyl (C=O) groups is 2. The molecule has 18 heavy (non-hydrogen) atoms. The van der Waals surface area contributed by atoms with Crippen LogP contribution in [0.1, 0.15) is 24.2 Å². The highest BCUT2D eigenvalue weighted by Crippen LogP contribution is 2.24. The van der Waals surface area contributed by atoms with Crippen LogP contribution in [0.25, 0.3) is 0 Å². The molecule has 1 aromatic carbocycles. The normalized spacial score (nSPS) is 11.1. The third-order valence-corrected chi connectivity index (χ3v) is 3.53. The molecule has 5 nitrogen and oxygen atoms in total. The predicted molar refractivity (Wildman–Crippen MR) is 74.6 cm³/mol. The molecule has 1 aromatic rings. The van der Waals surface area contributed by atoms with Crippen LogP contribution in [-0.2, 0) is 4.79 Å². The molecule has 0 aromatic heterocycles. The minimum atomic E-state index is -1.34. The Hall–Kier alpha value is -1.31. The smallest absolute Gasteiger partial charge is 0.329 e. The summed E-state index contributed by atoms with van der Waals surface area (Å²) >= 11 is 2.01. The van der Waals surface area contributed by atoms with Gasteiger partial charge >= 0.3 is 5.97 Å². The molecule has 0 saturated carbocycles. The van der Waals surface area contributed by atoms with Crippen molar-refractivity contribution in [2.75, 3.05) is 7.05 Å². The first-order valence-corrected chi connectivity index (χ1v) is 6.26. The van der Waals surface area contributed by atoms with Crippen LogP contribution in [0.4, 0.5) is 0 Å². The molecular weight excluding hydrogens is 349 g/mol. The zero-order valence-electron chi connectivity index (χ0n) is 10.3. The third kappa shape index (κ3) is 2.74. The maximum absolute atomic E-state index is 12.2. The number of halogens is 1. The minimum Gasteiger partial charge on any atom is -0.507 e. The van der Waals surface area contributed by atoms with E-state index in [0.29, 0.717) is 0 Å². The third-order valence-electron chi connectivity index (χ3n) is 2.86. The quantitative estimate of drug-likeness (QED) is 0.805. The highest BCUT2D eigenvalue weighted by molar-refractivity contribution is 14.1. The molecule has 0 unspecified atom stereocenters. The monoisotopic (exact) mass is 363 g/mol. The molecule has 1 rings (SSSR count). The first-order valence-electron chi connectivity index (χ1n) is 5.18. The molecule has 0 radical (unpaired) electrons. The highest BCUT2D eigenvalue weighted by Gasteiger charge is 2.36. The van der Waals surface area contributed by atoms with Gasteiger partial charge in [0, 0.05) is 10.6 Å². The van der Waals surface area contributed by atoms with E-state index >= 15 is 0 Å². The van der Waals surface area contributed by atoms with Crippen LogP contribution in [0.2, 0.25) is 0 Å². The lowest BCUT2D eigenvalue weighted by Gasteiger charge is -2.31. The van der Waals surface area contributed by atoms with Crippen LogP contribution in [0.3, 0.4) is 0 Å². The van der Waals surface area contributed by atoms with Gasteiger partial charge in [-0.05, 0) is 54.6 Å². The number of aromatic hydroxyl groups is 1. The summed E-state index contributed by atoms with van der Waals surface area (Å²) in [5.41, 5.74) is -1.25. The number of phenols is 1. The lowest BCUT2D eigenvalue weighted by molar-refractivity contribution is -0.147. The van der Waals surface area contributed by atoms with Crippen LogP contribution in [0.15, 0.2) is 18.2 Å². The Bertz CT molecular complexity index is 499. The zero-order chi connectivity index (χ0) is 14.1. The molecule has 1 amide bonds. The number of hydrogen-bond donors (Lipinski definition) is 2. The molecule has 0 spiro atoms. The molecule has 0 bridgehead atoms. The molecule has 0 aliphatic carbocycles. The van der Waals surface area contributed by atoms with Gasteiger partial charge in [0.25, 0.3) is 5.91 Å². The number of carboxylic acid groups (broad SMARTS) is 1. The summed E-state index contributed by atoms with van der Waals surface area (Å²) in [5.74, 6) is -1.80. The number of aliphatic carboxylic acids is 1. The molecule has 0 aliphatic heterocycles. The number of carbonyl (C=O) groups excluding carboxylic acids is 1. The Morgan fingerprint density at radius 1 is 1.33 bits per heavy atom. The van der Waals surface area contributed by atoms with Crippen LogP contribution in [0, 0.1) is 3.57 Å². The van der Waals surface area contributed by atoms with Crippen molar-refractivity contribution < 1.29 is 19.8 Å². The second-order valence-corrected chi connectivity index (χ2v) is 5.64. The summed E-state index contributed by atoms with van der Waals surface area (Å²) in [4.78, 5) is 24.4. The average molecular weight is 363 g/mol. The fourth-order valence-corrected chi connectivity index (χ4v) is 1.75. The minimum absolute atomic E-state index is 0.0960. The lowest BCUT2D eigenvalue weighted by Crippen LogP contribution is -2.50. The molecule has 98 valence electrons. The largest absolute Gasteiger partial charge is 0.507 e. The van der Waals surface area contributed by atoms with E-state index in [-0.39, 0.29) is 11.3 Å². The molecule has 2 N–H and O–H groups in total. The van der Waals surface area contributed by atoms with E-state index in [0.717, 1.165) is 8.47 Å². The van der Waals surface area contributed by atoms with Gasteiger partial charge in [-0.1, -0.05) is 0 Å². The summed E-state index contributed by atoms with van der Waals surface area (Å²) in [6, 6.07) is 4.60. The van der Waals surface area contributed by atoms with Crippen LogP contribution < -0.4 is 0 Å². The Kier molecular flexibility index (Phi) is 4.20. The maximum Gasteiger partial charge on any atom is 0.329 e. The molecule has 0 heterocycles. The Labute approximate surface area is 119 Å². The molecule has 0 fully saturated rings. The summed E-state index contributed by atoms with van der Waals surface area (Å²) in [6.07, 6.45) is 0. The fourth-order valence-electron chi connectivity index (χ4n) is 1.26. The van der Waals surface area contributed by atoms with Crippen molar-refractivity contribution in [3.8, 4) is 5.75 Å². The van der Waals surface area contributed by atoms with Crippen LogP contribution in [0.5, 0.6) is 5.75 Å². The van der Waals surface area contributed by atoms with E-state index in [9.17, 15) is 14.7 Å². The Morgan fingerprint density at radius 2 is 1.89 bits per heavy atom. The predicted octanol–water partition coefficient (Wildman–Crippen LogP) is 1.93. The number of likely N-dealkylation sites (N-methyl/N-ethyl adjacent to an activating group) is 1. The highest BCUT2D eigenvalue weighted by atomic mass is 127. The van der Waals surface area contributed by atoms with Gasteiger partial charge in [-0.15, -0.1) is 0 Å². The summed E-state index contributed by atoms with van der Waals surface area (Å²) in [6.45, 7) is 2.86. The molecule has 0 aliphatic rings. The molecule has 0 saturated heterocycles.